The number of carbonyl (C=O) groups is 4. The van der Waals surface area contributed by atoms with E-state index in [9.17, 15) is 24.3 Å². The van der Waals surface area contributed by atoms with E-state index in [0.29, 0.717) is 19.5 Å². The molecular formula is C27H46N2O8. The third kappa shape index (κ3) is 13.4. The largest absolute Gasteiger partial charge is 0.480 e. The third-order valence-electron chi connectivity index (χ3n) is 5.55. The van der Waals surface area contributed by atoms with Gasteiger partial charge in [-0.05, 0) is 93.4 Å². The number of esters is 1. The summed E-state index contributed by atoms with van der Waals surface area (Å²) < 4.78 is 16.0. The second-order valence-electron chi connectivity index (χ2n) is 11.7. The Morgan fingerprint density at radius 2 is 1.57 bits per heavy atom. The maximum atomic E-state index is 13.0. The van der Waals surface area contributed by atoms with Crippen molar-refractivity contribution in [3.8, 4) is 0 Å². The minimum Gasteiger partial charge on any atom is -0.480 e. The molecule has 1 fully saturated rings. The number of hydrogen-bond acceptors (Lipinski definition) is 7. The maximum Gasteiger partial charge on any atom is 0.411 e. The van der Waals surface area contributed by atoms with Crippen LogP contribution in [-0.4, -0.2) is 82.0 Å². The summed E-state index contributed by atoms with van der Waals surface area (Å²) in [5.74, 6) is -1.41. The molecule has 2 amide bonds. The zero-order valence-electron chi connectivity index (χ0n) is 23.7. The molecule has 1 heterocycles. The van der Waals surface area contributed by atoms with Crippen LogP contribution in [0.3, 0.4) is 0 Å². The predicted octanol–water partition coefficient (Wildman–Crippen LogP) is 5.00. The Hall–Kier alpha value is -2.78. The lowest BCUT2D eigenvalue weighted by Crippen LogP contribution is -2.48. The zero-order chi connectivity index (χ0) is 28.4. The van der Waals surface area contributed by atoms with Gasteiger partial charge in [0, 0.05) is 25.7 Å². The first kappa shape index (κ1) is 32.2. The molecule has 0 radical (unpaired) electrons. The van der Waals surface area contributed by atoms with Crippen molar-refractivity contribution < 1.29 is 38.5 Å². The van der Waals surface area contributed by atoms with Crippen LogP contribution in [-0.2, 0) is 23.8 Å². The van der Waals surface area contributed by atoms with E-state index in [-0.39, 0.29) is 37.5 Å². The fourth-order valence-corrected chi connectivity index (χ4v) is 3.87. The number of rotatable bonds is 10. The Balaban J connectivity index is 2.81. The Morgan fingerprint density at radius 1 is 1.00 bits per heavy atom. The number of carboxylic acid groups (broad SMARTS) is 1. The van der Waals surface area contributed by atoms with Crippen molar-refractivity contribution in [3.05, 3.63) is 12.2 Å². The van der Waals surface area contributed by atoms with Gasteiger partial charge in [0.2, 0.25) is 0 Å². The summed E-state index contributed by atoms with van der Waals surface area (Å²) in [4.78, 5) is 52.1. The van der Waals surface area contributed by atoms with Crippen LogP contribution in [0.15, 0.2) is 12.2 Å². The molecule has 1 aliphatic rings. The molecule has 0 aromatic carbocycles. The number of carbonyl (C=O) groups excluding carboxylic acids is 3. The van der Waals surface area contributed by atoms with Gasteiger partial charge in [-0.25, -0.2) is 19.2 Å². The van der Waals surface area contributed by atoms with Crippen molar-refractivity contribution in [2.45, 2.75) is 111 Å². The smallest absolute Gasteiger partial charge is 0.411 e. The number of nitrogens with zero attached hydrogens (tertiary/aromatic N) is 2. The molecule has 0 aromatic rings. The second-order valence-corrected chi connectivity index (χ2v) is 11.7. The van der Waals surface area contributed by atoms with Crippen molar-refractivity contribution in [1.82, 2.24) is 9.80 Å². The van der Waals surface area contributed by atoms with Gasteiger partial charge in [0.15, 0.2) is 0 Å². The number of hydrogen-bond donors (Lipinski definition) is 1. The van der Waals surface area contributed by atoms with Crippen LogP contribution >= 0.6 is 0 Å². The molecule has 0 unspecified atom stereocenters. The Morgan fingerprint density at radius 3 is 2.05 bits per heavy atom. The molecule has 0 spiro atoms. The van der Waals surface area contributed by atoms with E-state index in [1.807, 2.05) is 20.8 Å². The number of piperidine rings is 1. The van der Waals surface area contributed by atoms with Crippen LogP contribution < -0.4 is 0 Å². The molecule has 0 aliphatic carbocycles. The standard InChI is InChI=1S/C27H46N2O8/c1-19(2)35-22(30)12-10-9-11-21(23(31)32)29(25(34)37-27(6,7)8)18-15-20-13-16-28(17-14-20)24(33)36-26(3,4)5/h10,12,19-21H,9,11,13-18H2,1-8H3,(H,31,32)/b12-10+/t21-/m0/s1. The topological polar surface area (TPSA) is 123 Å². The van der Waals surface area contributed by atoms with Crippen molar-refractivity contribution in [2.24, 2.45) is 5.92 Å². The van der Waals surface area contributed by atoms with E-state index in [0.717, 1.165) is 12.8 Å². The lowest BCUT2D eigenvalue weighted by Gasteiger charge is -2.35. The molecule has 212 valence electrons. The number of ether oxygens (including phenoxy) is 3. The minimum atomic E-state index is -1.14. The molecule has 37 heavy (non-hydrogen) atoms. The van der Waals surface area contributed by atoms with Gasteiger partial charge in [0.05, 0.1) is 6.10 Å². The first-order valence-electron chi connectivity index (χ1n) is 13.1. The lowest BCUT2D eigenvalue weighted by atomic mass is 9.93. The molecule has 0 bridgehead atoms. The van der Waals surface area contributed by atoms with Crippen LogP contribution in [0.1, 0.15) is 87.5 Å². The van der Waals surface area contributed by atoms with Gasteiger partial charge >= 0.3 is 24.1 Å². The molecule has 1 atom stereocenters. The van der Waals surface area contributed by atoms with Gasteiger partial charge < -0.3 is 24.2 Å². The van der Waals surface area contributed by atoms with Gasteiger partial charge in [-0.2, -0.15) is 0 Å². The summed E-state index contributed by atoms with van der Waals surface area (Å²) in [5.41, 5.74) is -1.34. The second kappa shape index (κ2) is 14.2. The number of allylic oxidation sites excluding steroid dienone is 1. The first-order chi connectivity index (χ1) is 17.0. The van der Waals surface area contributed by atoms with Crippen LogP contribution in [0.2, 0.25) is 0 Å². The first-order valence-corrected chi connectivity index (χ1v) is 13.1. The highest BCUT2D eigenvalue weighted by molar-refractivity contribution is 5.82. The molecule has 0 saturated carbocycles. The van der Waals surface area contributed by atoms with Crippen molar-refractivity contribution in [3.63, 3.8) is 0 Å². The summed E-state index contributed by atoms with van der Waals surface area (Å²) >= 11 is 0. The number of likely N-dealkylation sites (tertiary alicyclic amines) is 1. The molecule has 10 nitrogen and oxygen atoms in total. The number of amides is 2. The SMILES string of the molecule is CC(C)OC(=O)/C=C/CC[C@@H](C(=O)O)N(CCC1CCN(C(=O)OC(C)(C)C)CC1)C(=O)OC(C)(C)C. The number of aliphatic carboxylic acids is 1. The average molecular weight is 527 g/mol. The third-order valence-corrected chi connectivity index (χ3v) is 5.55. The maximum absolute atomic E-state index is 13.0. The molecule has 1 N–H and O–H groups in total. The molecule has 1 saturated heterocycles. The van der Waals surface area contributed by atoms with Crippen molar-refractivity contribution >= 4 is 24.1 Å². The molecular weight excluding hydrogens is 480 g/mol. The Bertz CT molecular complexity index is 802. The minimum absolute atomic E-state index is 0.122. The zero-order valence-corrected chi connectivity index (χ0v) is 23.7. The van der Waals surface area contributed by atoms with Gasteiger partial charge in [-0.3, -0.25) is 4.90 Å². The molecule has 1 aliphatic heterocycles. The van der Waals surface area contributed by atoms with Gasteiger partial charge in [-0.15, -0.1) is 0 Å². The number of carboxylic acids is 1. The fraction of sp³-hybridized carbons (Fsp3) is 0.778. The van der Waals surface area contributed by atoms with Crippen molar-refractivity contribution in [2.75, 3.05) is 19.6 Å². The van der Waals surface area contributed by atoms with Crippen molar-refractivity contribution in [1.29, 1.82) is 0 Å². The normalized spacial score (nSPS) is 16.0. The summed E-state index contributed by atoms with van der Waals surface area (Å²) in [6.45, 7) is 15.5. The summed E-state index contributed by atoms with van der Waals surface area (Å²) in [5, 5.41) is 9.92. The summed E-state index contributed by atoms with van der Waals surface area (Å²) in [6, 6.07) is -1.11. The van der Waals surface area contributed by atoms with Gasteiger partial charge in [0.1, 0.15) is 17.2 Å². The van der Waals surface area contributed by atoms with Gasteiger partial charge in [0.25, 0.3) is 0 Å². The lowest BCUT2D eigenvalue weighted by molar-refractivity contribution is -0.143. The van der Waals surface area contributed by atoms with E-state index in [4.69, 9.17) is 14.2 Å². The van der Waals surface area contributed by atoms with E-state index in [2.05, 4.69) is 0 Å². The van der Waals surface area contributed by atoms with E-state index < -0.39 is 35.3 Å². The Kier molecular flexibility index (Phi) is 12.4. The van der Waals surface area contributed by atoms with E-state index in [1.165, 1.54) is 11.0 Å². The molecule has 0 aromatic heterocycles. The molecule has 10 heteroatoms. The van der Waals surface area contributed by atoms with Crippen LogP contribution in [0.5, 0.6) is 0 Å². The highest BCUT2D eigenvalue weighted by Crippen LogP contribution is 2.24. The van der Waals surface area contributed by atoms with Crippen LogP contribution in [0.4, 0.5) is 9.59 Å². The quantitative estimate of drug-likeness (QED) is 0.240. The molecule has 1 rings (SSSR count). The van der Waals surface area contributed by atoms with Crippen LogP contribution in [0, 0.1) is 5.92 Å². The monoisotopic (exact) mass is 526 g/mol. The van der Waals surface area contributed by atoms with Crippen LogP contribution in [0.25, 0.3) is 0 Å². The fourth-order valence-electron chi connectivity index (χ4n) is 3.87. The van der Waals surface area contributed by atoms with Gasteiger partial charge in [-0.1, -0.05) is 6.08 Å². The highest BCUT2D eigenvalue weighted by atomic mass is 16.6. The summed E-state index contributed by atoms with van der Waals surface area (Å²) in [7, 11) is 0. The summed E-state index contributed by atoms with van der Waals surface area (Å²) in [6.07, 6.45) is 4.01. The highest BCUT2D eigenvalue weighted by Gasteiger charge is 2.34. The van der Waals surface area contributed by atoms with E-state index >= 15 is 0 Å². The average Bonchev–Trinajstić information content (AvgIpc) is 2.72. The predicted molar refractivity (Wildman–Crippen MR) is 139 cm³/mol. The van der Waals surface area contributed by atoms with E-state index in [1.54, 1.807) is 45.6 Å². The Labute approximate surface area is 221 Å².